The lowest BCUT2D eigenvalue weighted by atomic mass is 10.2. The first-order valence-corrected chi connectivity index (χ1v) is 8.57. The Morgan fingerprint density at radius 2 is 2.17 bits per heavy atom. The van der Waals surface area contributed by atoms with Crippen molar-refractivity contribution in [2.45, 2.75) is 4.34 Å². The first-order valence-electron chi connectivity index (χ1n) is 6.53. The molecule has 0 aliphatic rings. The SMILES string of the molecule is CSc1nc2ccc(N=Cc3cc([N+](=O)[O-])ccc3O)cc2s1. The molecule has 2 aromatic carbocycles. The van der Waals surface area contributed by atoms with Crippen LogP contribution in [0.2, 0.25) is 0 Å². The van der Waals surface area contributed by atoms with E-state index in [-0.39, 0.29) is 11.4 Å². The Morgan fingerprint density at radius 3 is 2.91 bits per heavy atom. The molecule has 1 N–H and O–H groups in total. The van der Waals surface area contributed by atoms with Gasteiger partial charge in [0.15, 0.2) is 4.34 Å². The van der Waals surface area contributed by atoms with Gasteiger partial charge in [0.1, 0.15) is 5.75 Å². The average molecular weight is 345 g/mol. The molecule has 0 saturated carbocycles. The maximum absolute atomic E-state index is 10.8. The minimum atomic E-state index is -0.510. The van der Waals surface area contributed by atoms with E-state index in [9.17, 15) is 15.2 Å². The van der Waals surface area contributed by atoms with Gasteiger partial charge in [0.25, 0.3) is 5.69 Å². The van der Waals surface area contributed by atoms with Crippen molar-refractivity contribution >= 4 is 50.9 Å². The third-order valence-electron chi connectivity index (χ3n) is 3.10. The highest BCUT2D eigenvalue weighted by Gasteiger charge is 2.09. The Morgan fingerprint density at radius 1 is 1.35 bits per heavy atom. The van der Waals surface area contributed by atoms with Crippen LogP contribution < -0.4 is 0 Å². The summed E-state index contributed by atoms with van der Waals surface area (Å²) in [4.78, 5) is 19.0. The van der Waals surface area contributed by atoms with Crippen molar-refractivity contribution in [1.29, 1.82) is 0 Å². The lowest BCUT2D eigenvalue weighted by molar-refractivity contribution is -0.384. The summed E-state index contributed by atoms with van der Waals surface area (Å²) < 4.78 is 2.00. The van der Waals surface area contributed by atoms with Crippen LogP contribution in [0.25, 0.3) is 10.2 Å². The standard InChI is InChI=1S/C15H11N3O3S2/c1-22-15-17-12-4-2-10(7-14(12)23-15)16-8-9-6-11(18(20)21)3-5-13(9)19/h2-8,19H,1H3. The molecule has 0 amide bonds. The Balaban J connectivity index is 1.93. The van der Waals surface area contributed by atoms with Gasteiger partial charge in [-0.3, -0.25) is 15.1 Å². The number of fused-ring (bicyclic) bond motifs is 1. The van der Waals surface area contributed by atoms with Gasteiger partial charge in [-0.05, 0) is 30.5 Å². The molecule has 23 heavy (non-hydrogen) atoms. The number of hydrogen-bond donors (Lipinski definition) is 1. The number of thiazole rings is 1. The van der Waals surface area contributed by atoms with Crippen molar-refractivity contribution in [3.63, 3.8) is 0 Å². The van der Waals surface area contributed by atoms with Crippen molar-refractivity contribution in [2.24, 2.45) is 4.99 Å². The molecule has 0 saturated heterocycles. The van der Waals surface area contributed by atoms with E-state index < -0.39 is 4.92 Å². The summed E-state index contributed by atoms with van der Waals surface area (Å²) in [5.41, 5.74) is 1.82. The molecule has 116 valence electrons. The van der Waals surface area contributed by atoms with Gasteiger partial charge in [-0.25, -0.2) is 4.98 Å². The molecule has 0 unspecified atom stereocenters. The molecular weight excluding hydrogens is 334 g/mol. The fraction of sp³-hybridized carbons (Fsp3) is 0.0667. The fourth-order valence-electron chi connectivity index (χ4n) is 1.96. The van der Waals surface area contributed by atoms with Crippen molar-refractivity contribution in [2.75, 3.05) is 6.26 Å². The quantitative estimate of drug-likeness (QED) is 0.328. The fourth-order valence-corrected chi connectivity index (χ4v) is 3.49. The molecule has 3 aromatic rings. The number of aromatic hydroxyl groups is 1. The van der Waals surface area contributed by atoms with Gasteiger partial charge in [0.2, 0.25) is 0 Å². The summed E-state index contributed by atoms with van der Waals surface area (Å²) in [7, 11) is 0. The highest BCUT2D eigenvalue weighted by molar-refractivity contribution is 8.00. The van der Waals surface area contributed by atoms with Gasteiger partial charge in [-0.2, -0.15) is 0 Å². The minimum absolute atomic E-state index is 0.0529. The van der Waals surface area contributed by atoms with E-state index in [1.165, 1.54) is 24.4 Å². The van der Waals surface area contributed by atoms with Crippen molar-refractivity contribution < 1.29 is 10.0 Å². The molecular formula is C15H11N3O3S2. The average Bonchev–Trinajstić information content (AvgIpc) is 2.96. The zero-order valence-electron chi connectivity index (χ0n) is 12.0. The van der Waals surface area contributed by atoms with Gasteiger partial charge in [0, 0.05) is 23.9 Å². The van der Waals surface area contributed by atoms with E-state index >= 15 is 0 Å². The number of aliphatic imine (C=N–C) groups is 1. The van der Waals surface area contributed by atoms with Crippen LogP contribution in [-0.4, -0.2) is 27.5 Å². The van der Waals surface area contributed by atoms with Gasteiger partial charge in [-0.15, -0.1) is 11.3 Å². The molecule has 1 aromatic heterocycles. The third-order valence-corrected chi connectivity index (χ3v) is 5.10. The molecule has 0 atom stereocenters. The maximum Gasteiger partial charge on any atom is 0.270 e. The zero-order valence-corrected chi connectivity index (χ0v) is 13.6. The molecule has 0 aliphatic heterocycles. The van der Waals surface area contributed by atoms with Gasteiger partial charge in [0.05, 0.1) is 20.8 Å². The zero-order chi connectivity index (χ0) is 16.4. The number of phenolic OH excluding ortho intramolecular Hbond substituents is 1. The Labute approximate surface area is 139 Å². The van der Waals surface area contributed by atoms with Crippen LogP contribution in [0.3, 0.4) is 0 Å². The normalized spacial score (nSPS) is 11.3. The van der Waals surface area contributed by atoms with E-state index in [2.05, 4.69) is 9.98 Å². The topological polar surface area (TPSA) is 88.6 Å². The van der Waals surface area contributed by atoms with Crippen LogP contribution in [0.5, 0.6) is 5.75 Å². The second-order valence-corrected chi connectivity index (χ2v) is 6.68. The number of hydrogen-bond acceptors (Lipinski definition) is 7. The molecule has 6 nitrogen and oxygen atoms in total. The van der Waals surface area contributed by atoms with E-state index in [4.69, 9.17) is 0 Å². The van der Waals surface area contributed by atoms with Gasteiger partial charge < -0.3 is 5.11 Å². The van der Waals surface area contributed by atoms with Crippen LogP contribution in [-0.2, 0) is 0 Å². The van der Waals surface area contributed by atoms with Crippen LogP contribution in [0.1, 0.15) is 5.56 Å². The lowest BCUT2D eigenvalue weighted by Crippen LogP contribution is -1.90. The second kappa shape index (κ2) is 6.35. The number of nitro groups is 1. The number of nitrogens with zero attached hydrogens (tertiary/aromatic N) is 3. The number of benzene rings is 2. The number of phenols is 1. The van der Waals surface area contributed by atoms with Crippen molar-refractivity contribution in [3.05, 3.63) is 52.1 Å². The highest BCUT2D eigenvalue weighted by atomic mass is 32.2. The summed E-state index contributed by atoms with van der Waals surface area (Å²) in [5, 5.41) is 20.6. The van der Waals surface area contributed by atoms with Gasteiger partial charge in [-0.1, -0.05) is 11.8 Å². The summed E-state index contributed by atoms with van der Waals surface area (Å²) in [6.07, 6.45) is 3.39. The predicted octanol–water partition coefficient (Wildman–Crippen LogP) is 4.38. The monoisotopic (exact) mass is 345 g/mol. The molecule has 0 bridgehead atoms. The van der Waals surface area contributed by atoms with Crippen LogP contribution in [0.15, 0.2) is 45.7 Å². The van der Waals surface area contributed by atoms with E-state index in [0.717, 1.165) is 14.6 Å². The number of aromatic nitrogens is 1. The van der Waals surface area contributed by atoms with E-state index in [1.54, 1.807) is 23.1 Å². The van der Waals surface area contributed by atoms with Crippen molar-refractivity contribution in [1.82, 2.24) is 4.98 Å². The van der Waals surface area contributed by atoms with E-state index in [1.807, 2.05) is 24.5 Å². The first-order chi connectivity index (χ1) is 11.1. The summed E-state index contributed by atoms with van der Waals surface area (Å²) in [6, 6.07) is 9.42. The predicted molar refractivity (Wildman–Crippen MR) is 93.4 cm³/mol. The van der Waals surface area contributed by atoms with Crippen molar-refractivity contribution in [3.8, 4) is 5.75 Å². The number of rotatable bonds is 4. The molecule has 3 rings (SSSR count). The number of nitro benzene ring substituents is 1. The molecule has 0 fully saturated rings. The van der Waals surface area contributed by atoms with Crippen LogP contribution >= 0.6 is 23.1 Å². The maximum atomic E-state index is 10.8. The third kappa shape index (κ3) is 3.33. The molecule has 8 heteroatoms. The van der Waals surface area contributed by atoms with E-state index in [0.29, 0.717) is 11.3 Å². The first kappa shape index (κ1) is 15.4. The van der Waals surface area contributed by atoms with Crippen LogP contribution in [0.4, 0.5) is 11.4 Å². The second-order valence-electron chi connectivity index (χ2n) is 4.59. The molecule has 0 aliphatic carbocycles. The molecule has 0 spiro atoms. The summed E-state index contributed by atoms with van der Waals surface area (Å²) in [5.74, 6) is -0.0529. The Hall–Kier alpha value is -2.45. The van der Waals surface area contributed by atoms with Crippen LogP contribution in [0, 0.1) is 10.1 Å². The number of thioether (sulfide) groups is 1. The Kier molecular flexibility index (Phi) is 4.26. The molecule has 1 heterocycles. The molecule has 0 radical (unpaired) electrons. The minimum Gasteiger partial charge on any atom is -0.507 e. The smallest absolute Gasteiger partial charge is 0.270 e. The lowest BCUT2D eigenvalue weighted by Gasteiger charge is -1.99. The van der Waals surface area contributed by atoms with Gasteiger partial charge >= 0.3 is 0 Å². The Bertz CT molecular complexity index is 921. The largest absolute Gasteiger partial charge is 0.507 e. The summed E-state index contributed by atoms with van der Waals surface area (Å²) >= 11 is 3.17. The summed E-state index contributed by atoms with van der Waals surface area (Å²) in [6.45, 7) is 0. The highest BCUT2D eigenvalue weighted by Crippen LogP contribution is 2.31. The number of non-ortho nitro benzene ring substituents is 1.